The Balaban J connectivity index is 5.29. The van der Waals surface area contributed by atoms with Gasteiger partial charge in [-0.3, -0.25) is 37.3 Å². The maximum Gasteiger partial charge on any atom is 0.472 e. The van der Waals surface area contributed by atoms with Crippen molar-refractivity contribution in [3.8, 4) is 0 Å². The van der Waals surface area contributed by atoms with Crippen molar-refractivity contribution in [2.45, 2.75) is 374 Å². The van der Waals surface area contributed by atoms with Crippen molar-refractivity contribution in [3.63, 3.8) is 0 Å². The third-order valence-electron chi connectivity index (χ3n) is 16.4. The predicted octanol–water partition coefficient (Wildman–Crippen LogP) is 20.9. The largest absolute Gasteiger partial charge is 0.472 e. The highest BCUT2D eigenvalue weighted by molar-refractivity contribution is 7.47. The monoisotopic (exact) mass is 1350 g/mol. The molecule has 0 aromatic heterocycles. The van der Waals surface area contributed by atoms with Crippen LogP contribution in [0.3, 0.4) is 0 Å². The minimum Gasteiger partial charge on any atom is -0.462 e. The predicted molar refractivity (Wildman–Crippen MR) is 372 cm³/mol. The van der Waals surface area contributed by atoms with Gasteiger partial charge in [0.1, 0.15) is 19.3 Å². The fourth-order valence-corrected chi connectivity index (χ4v) is 12.2. The minimum absolute atomic E-state index is 0.0852. The molecule has 19 heteroatoms. The van der Waals surface area contributed by atoms with Crippen LogP contribution in [-0.2, 0) is 65.4 Å². The molecule has 0 spiro atoms. The summed E-state index contributed by atoms with van der Waals surface area (Å²) in [6, 6.07) is 0. The number of carbonyl (C=O) groups excluding carboxylic acids is 4. The van der Waals surface area contributed by atoms with E-state index in [-0.39, 0.29) is 25.7 Å². The first kappa shape index (κ1) is 89.5. The lowest BCUT2D eigenvalue weighted by Crippen LogP contribution is -2.30. The average Bonchev–Trinajstić information content (AvgIpc) is 2.53. The van der Waals surface area contributed by atoms with Gasteiger partial charge in [-0.2, -0.15) is 0 Å². The highest BCUT2D eigenvalue weighted by atomic mass is 31.2. The van der Waals surface area contributed by atoms with Crippen LogP contribution in [0.2, 0.25) is 0 Å². The van der Waals surface area contributed by atoms with Gasteiger partial charge in [0.05, 0.1) is 26.4 Å². The number of allylic oxidation sites excluding steroid dienone is 4. The van der Waals surface area contributed by atoms with Crippen LogP contribution in [0.5, 0.6) is 0 Å². The van der Waals surface area contributed by atoms with Crippen LogP contribution in [0.15, 0.2) is 24.3 Å². The van der Waals surface area contributed by atoms with Crippen LogP contribution >= 0.6 is 15.6 Å². The molecule has 0 heterocycles. The molecule has 0 aliphatic carbocycles. The number of ether oxygens (including phenoxy) is 4. The molecular formula is C73H138O17P2. The second-order valence-electron chi connectivity index (χ2n) is 26.1. The lowest BCUT2D eigenvalue weighted by molar-refractivity contribution is -0.161. The number of carbonyl (C=O) groups is 4. The van der Waals surface area contributed by atoms with E-state index in [1.807, 2.05) is 0 Å². The Morgan fingerprint density at radius 3 is 0.891 bits per heavy atom. The van der Waals surface area contributed by atoms with E-state index < -0.39 is 97.5 Å². The maximum absolute atomic E-state index is 13.0. The van der Waals surface area contributed by atoms with E-state index in [9.17, 15) is 43.2 Å². The van der Waals surface area contributed by atoms with Gasteiger partial charge in [-0.05, 0) is 57.3 Å². The van der Waals surface area contributed by atoms with Gasteiger partial charge in [0.15, 0.2) is 12.2 Å². The van der Waals surface area contributed by atoms with Gasteiger partial charge in [-0.25, -0.2) is 9.13 Å². The smallest absolute Gasteiger partial charge is 0.462 e. The molecule has 5 atom stereocenters. The van der Waals surface area contributed by atoms with Crippen LogP contribution in [-0.4, -0.2) is 96.7 Å². The molecule has 0 radical (unpaired) electrons. The van der Waals surface area contributed by atoms with Gasteiger partial charge < -0.3 is 33.8 Å². The number of phosphoric acid groups is 2. The summed E-state index contributed by atoms with van der Waals surface area (Å²) < 4.78 is 68.4. The van der Waals surface area contributed by atoms with Crippen LogP contribution in [0.25, 0.3) is 0 Å². The first-order valence-electron chi connectivity index (χ1n) is 37.5. The molecule has 0 aliphatic rings. The molecule has 0 aliphatic heterocycles. The first-order chi connectivity index (χ1) is 44.5. The molecule has 92 heavy (non-hydrogen) atoms. The van der Waals surface area contributed by atoms with E-state index >= 15 is 0 Å². The van der Waals surface area contributed by atoms with Gasteiger partial charge in [0.25, 0.3) is 0 Å². The summed E-state index contributed by atoms with van der Waals surface area (Å²) in [6.07, 6.45) is 56.1. The lowest BCUT2D eigenvalue weighted by atomic mass is 10.0. The van der Waals surface area contributed by atoms with Gasteiger partial charge in [-0.15, -0.1) is 0 Å². The SMILES string of the molecule is CCCCCC/C=C\C=C/CCCCCCCC(=O)O[C@H](COC(=O)CCCCCCCCCCCCCC(C)C)COP(=O)(O)OC[C@@H](O)COP(=O)(O)OC[C@@H](COC(=O)CCCCCCCCCCCCC)OC(=O)CCCCCCCCCCCCCC. The zero-order chi connectivity index (χ0) is 67.7. The summed E-state index contributed by atoms with van der Waals surface area (Å²) >= 11 is 0. The third kappa shape index (κ3) is 66.2. The Morgan fingerprint density at radius 2 is 0.587 bits per heavy atom. The normalized spacial score (nSPS) is 14.2. The summed E-state index contributed by atoms with van der Waals surface area (Å²) in [5.41, 5.74) is 0. The van der Waals surface area contributed by atoms with Crippen molar-refractivity contribution in [1.82, 2.24) is 0 Å². The van der Waals surface area contributed by atoms with E-state index in [0.717, 1.165) is 109 Å². The Hall–Kier alpha value is -2.46. The summed E-state index contributed by atoms with van der Waals surface area (Å²) in [4.78, 5) is 72.6. The minimum atomic E-state index is -4.96. The average molecular weight is 1350 g/mol. The summed E-state index contributed by atoms with van der Waals surface area (Å²) in [5, 5.41) is 10.6. The maximum atomic E-state index is 13.0. The van der Waals surface area contributed by atoms with E-state index in [2.05, 4.69) is 58.9 Å². The highest BCUT2D eigenvalue weighted by Crippen LogP contribution is 2.45. The highest BCUT2D eigenvalue weighted by Gasteiger charge is 2.30. The Bertz CT molecular complexity index is 1860. The zero-order valence-electron chi connectivity index (χ0n) is 59.2. The molecule has 17 nitrogen and oxygen atoms in total. The van der Waals surface area contributed by atoms with Crippen molar-refractivity contribution in [3.05, 3.63) is 24.3 Å². The number of esters is 4. The molecule has 542 valence electrons. The number of hydrogen-bond acceptors (Lipinski definition) is 15. The molecule has 0 rings (SSSR count). The van der Waals surface area contributed by atoms with E-state index in [1.165, 1.54) is 167 Å². The number of hydrogen-bond donors (Lipinski definition) is 3. The van der Waals surface area contributed by atoms with Crippen molar-refractivity contribution in [1.29, 1.82) is 0 Å². The topological polar surface area (TPSA) is 237 Å². The second kappa shape index (κ2) is 65.8. The molecule has 0 aromatic rings. The van der Waals surface area contributed by atoms with Gasteiger partial charge in [0, 0.05) is 25.7 Å². The Kier molecular flexibility index (Phi) is 64.0. The molecule has 0 fully saturated rings. The molecule has 0 saturated carbocycles. The fraction of sp³-hybridized carbons (Fsp3) is 0.890. The van der Waals surface area contributed by atoms with Gasteiger partial charge >= 0.3 is 39.5 Å². The van der Waals surface area contributed by atoms with Crippen molar-refractivity contribution < 1.29 is 80.2 Å². The van der Waals surface area contributed by atoms with E-state index in [4.69, 9.17) is 37.0 Å². The number of rotatable bonds is 71. The van der Waals surface area contributed by atoms with Crippen molar-refractivity contribution >= 4 is 39.5 Å². The summed E-state index contributed by atoms with van der Waals surface area (Å²) in [5.74, 6) is -1.38. The zero-order valence-corrected chi connectivity index (χ0v) is 61.0. The lowest BCUT2D eigenvalue weighted by Gasteiger charge is -2.21. The fourth-order valence-electron chi connectivity index (χ4n) is 10.6. The van der Waals surface area contributed by atoms with Crippen LogP contribution < -0.4 is 0 Å². The molecular weight excluding hydrogens is 1210 g/mol. The third-order valence-corrected chi connectivity index (χ3v) is 18.3. The standard InChI is InChI=1S/C73H138O17P2/c1-6-9-12-15-18-21-24-26-27-28-33-39-44-49-54-59-73(78)90-69(63-84-71(76)57-52-47-42-37-34-29-31-35-40-45-50-55-66(4)5)65-88-92(81,82)86-61-67(74)60-85-91(79,80)87-64-68(62-83-70(75)56-51-46-41-36-30-23-20-17-14-11-8-3)89-72(77)58-53-48-43-38-32-25-22-19-16-13-10-7-2/h21,24,26-27,66-69,74H,6-20,22-23,25,28-65H2,1-5H3,(H,79,80)(H,81,82)/b24-21-,27-26-/t67-,68+,69+/m0/s1. The molecule has 2 unspecified atom stereocenters. The number of aliphatic hydroxyl groups excluding tert-OH is 1. The summed E-state index contributed by atoms with van der Waals surface area (Å²) in [7, 11) is -9.92. The van der Waals surface area contributed by atoms with E-state index in [1.54, 1.807) is 0 Å². The number of unbranched alkanes of at least 4 members (excludes halogenated alkanes) is 40. The molecule has 0 amide bonds. The Labute approximate surface area is 561 Å². The van der Waals surface area contributed by atoms with Crippen LogP contribution in [0.4, 0.5) is 0 Å². The van der Waals surface area contributed by atoms with Crippen molar-refractivity contribution in [2.24, 2.45) is 5.92 Å². The first-order valence-corrected chi connectivity index (χ1v) is 40.4. The van der Waals surface area contributed by atoms with Gasteiger partial charge in [-0.1, -0.05) is 303 Å². The second-order valence-corrected chi connectivity index (χ2v) is 29.0. The number of phosphoric ester groups is 2. The quantitative estimate of drug-likeness (QED) is 0.0169. The van der Waals surface area contributed by atoms with Gasteiger partial charge in [0.2, 0.25) is 0 Å². The van der Waals surface area contributed by atoms with E-state index in [0.29, 0.717) is 25.7 Å². The molecule has 0 saturated heterocycles. The summed E-state index contributed by atoms with van der Waals surface area (Å²) in [6.45, 7) is 7.20. The molecule has 0 aromatic carbocycles. The molecule has 3 N–H and O–H groups in total. The Morgan fingerprint density at radius 1 is 0.337 bits per heavy atom. The molecule has 0 bridgehead atoms. The van der Waals surface area contributed by atoms with Crippen molar-refractivity contribution in [2.75, 3.05) is 39.6 Å². The van der Waals surface area contributed by atoms with Crippen LogP contribution in [0.1, 0.15) is 356 Å². The number of aliphatic hydroxyl groups is 1. The van der Waals surface area contributed by atoms with Crippen LogP contribution in [0, 0.1) is 5.92 Å².